The van der Waals surface area contributed by atoms with Gasteiger partial charge in [-0.15, -0.1) is 0 Å². The van der Waals surface area contributed by atoms with Gasteiger partial charge in [0.2, 0.25) is 0 Å². The first-order valence-electron chi connectivity index (χ1n) is 11.0. The summed E-state index contributed by atoms with van der Waals surface area (Å²) in [6, 6.07) is 24.6. The number of thioether (sulfide) groups is 1. The average molecular weight is 452 g/mol. The Morgan fingerprint density at radius 1 is 0.909 bits per heavy atom. The fourth-order valence-electron chi connectivity index (χ4n) is 3.99. The first-order valence-corrected chi connectivity index (χ1v) is 12.0. The molecule has 0 unspecified atom stereocenters. The van der Waals surface area contributed by atoms with Crippen LogP contribution < -0.4 is 5.56 Å². The van der Waals surface area contributed by atoms with Crippen LogP contribution in [0.5, 0.6) is 0 Å². The van der Waals surface area contributed by atoms with Crippen LogP contribution in [0.25, 0.3) is 27.8 Å². The van der Waals surface area contributed by atoms with Crippen molar-refractivity contribution in [2.24, 2.45) is 0 Å². The number of benzene rings is 3. The minimum Gasteiger partial charge on any atom is -0.355 e. The predicted octanol–water partition coefficient (Wildman–Crippen LogP) is 6.60. The maximum Gasteiger partial charge on any atom is 0.283 e. The number of rotatable bonds is 5. The average Bonchev–Trinajstić information content (AvgIpc) is 3.25. The number of nitrogens with one attached hydrogen (secondary N) is 1. The zero-order valence-electron chi connectivity index (χ0n) is 18.9. The van der Waals surface area contributed by atoms with Crippen molar-refractivity contribution in [3.8, 4) is 16.8 Å². The first-order chi connectivity index (χ1) is 16.0. The van der Waals surface area contributed by atoms with Gasteiger partial charge in [-0.1, -0.05) is 83.6 Å². The van der Waals surface area contributed by atoms with Crippen LogP contribution in [0, 0.1) is 20.8 Å². The number of nitrogens with zero attached hydrogens (tertiary/aromatic N) is 2. The molecule has 0 bridgehead atoms. The molecule has 0 saturated carbocycles. The van der Waals surface area contributed by atoms with Crippen LogP contribution in [0.4, 0.5) is 0 Å². The summed E-state index contributed by atoms with van der Waals surface area (Å²) in [5.41, 5.74) is 8.80. The smallest absolute Gasteiger partial charge is 0.283 e. The van der Waals surface area contributed by atoms with E-state index in [9.17, 15) is 4.79 Å². The lowest BCUT2D eigenvalue weighted by Crippen LogP contribution is -2.21. The van der Waals surface area contributed by atoms with Gasteiger partial charge >= 0.3 is 0 Å². The number of H-pyrrole nitrogens is 1. The Hall–Kier alpha value is -3.57. The van der Waals surface area contributed by atoms with Gasteiger partial charge in [0.1, 0.15) is 11.0 Å². The van der Waals surface area contributed by atoms with E-state index in [1.807, 2.05) is 67.7 Å². The lowest BCUT2D eigenvalue weighted by molar-refractivity contribution is 0.818. The molecule has 0 saturated heterocycles. The van der Waals surface area contributed by atoms with Crippen molar-refractivity contribution in [3.63, 3.8) is 0 Å². The van der Waals surface area contributed by atoms with E-state index in [4.69, 9.17) is 4.98 Å². The number of hydrogen-bond acceptors (Lipinski definition) is 3. The summed E-state index contributed by atoms with van der Waals surface area (Å²) >= 11 is 1.60. The van der Waals surface area contributed by atoms with Crippen LogP contribution in [-0.2, 0) is 5.75 Å². The number of aromatic nitrogens is 3. The Morgan fingerprint density at radius 2 is 1.64 bits per heavy atom. The quantitative estimate of drug-likeness (QED) is 0.242. The molecule has 0 spiro atoms. The molecule has 164 valence electrons. The third-order valence-corrected chi connectivity index (χ3v) is 6.89. The molecule has 0 aliphatic heterocycles. The Kier molecular flexibility index (Phi) is 5.65. The van der Waals surface area contributed by atoms with Crippen molar-refractivity contribution in [2.45, 2.75) is 31.7 Å². The molecule has 0 atom stereocenters. The molecule has 0 fully saturated rings. The van der Waals surface area contributed by atoms with E-state index < -0.39 is 0 Å². The molecule has 0 amide bonds. The summed E-state index contributed by atoms with van der Waals surface area (Å²) in [5, 5.41) is 0.689. The van der Waals surface area contributed by atoms with Gasteiger partial charge in [-0.2, -0.15) is 0 Å². The maximum atomic E-state index is 13.7. The zero-order chi connectivity index (χ0) is 22.9. The molecule has 5 aromatic rings. The molecule has 2 heterocycles. The molecule has 0 aliphatic carbocycles. The van der Waals surface area contributed by atoms with Gasteiger partial charge in [0.25, 0.3) is 5.56 Å². The summed E-state index contributed by atoms with van der Waals surface area (Å²) in [5.74, 6) is 0.739. The van der Waals surface area contributed by atoms with Crippen molar-refractivity contribution in [1.82, 2.24) is 14.5 Å². The van der Waals surface area contributed by atoms with E-state index in [0.29, 0.717) is 16.2 Å². The van der Waals surface area contributed by atoms with E-state index in [-0.39, 0.29) is 5.56 Å². The highest BCUT2D eigenvalue weighted by Gasteiger charge is 2.18. The van der Waals surface area contributed by atoms with Crippen LogP contribution in [0.1, 0.15) is 22.3 Å². The third-order valence-electron chi connectivity index (χ3n) is 5.91. The topological polar surface area (TPSA) is 50.7 Å². The fraction of sp³-hybridized carbons (Fsp3) is 0.143. The summed E-state index contributed by atoms with van der Waals surface area (Å²) in [7, 11) is 0. The summed E-state index contributed by atoms with van der Waals surface area (Å²) in [4.78, 5) is 21.9. The molecule has 1 N–H and O–H groups in total. The van der Waals surface area contributed by atoms with Crippen molar-refractivity contribution in [3.05, 3.63) is 112 Å². The standard InChI is InChI=1S/C28H25N3OS/c1-18-10-13-23(14-11-18)31-27(32)26-25(24(16-29-26)21-7-5-4-6-8-21)30-28(31)33-17-22-15-19(2)9-12-20(22)3/h4-16,29H,17H2,1-3H3. The molecule has 2 aromatic heterocycles. The molecule has 0 radical (unpaired) electrons. The maximum absolute atomic E-state index is 13.7. The first kappa shape index (κ1) is 21.3. The Balaban J connectivity index is 1.68. The number of aromatic amines is 1. The predicted molar refractivity (Wildman–Crippen MR) is 137 cm³/mol. The van der Waals surface area contributed by atoms with Crippen LogP contribution in [0.3, 0.4) is 0 Å². The Bertz CT molecular complexity index is 1500. The van der Waals surface area contributed by atoms with Gasteiger partial charge in [-0.25, -0.2) is 4.98 Å². The van der Waals surface area contributed by atoms with Gasteiger partial charge in [0.15, 0.2) is 5.16 Å². The van der Waals surface area contributed by atoms with E-state index in [1.165, 1.54) is 16.7 Å². The van der Waals surface area contributed by atoms with Crippen molar-refractivity contribution in [1.29, 1.82) is 0 Å². The minimum absolute atomic E-state index is 0.0884. The Morgan fingerprint density at radius 3 is 2.39 bits per heavy atom. The molecule has 5 rings (SSSR count). The highest BCUT2D eigenvalue weighted by atomic mass is 32.2. The number of aryl methyl sites for hydroxylation is 3. The van der Waals surface area contributed by atoms with Crippen LogP contribution in [0.15, 0.2) is 88.9 Å². The van der Waals surface area contributed by atoms with Crippen molar-refractivity contribution in [2.75, 3.05) is 0 Å². The monoisotopic (exact) mass is 451 g/mol. The van der Waals surface area contributed by atoms with Gasteiger partial charge in [-0.3, -0.25) is 9.36 Å². The van der Waals surface area contributed by atoms with Gasteiger partial charge in [0, 0.05) is 17.5 Å². The zero-order valence-corrected chi connectivity index (χ0v) is 19.7. The molecular weight excluding hydrogens is 426 g/mol. The van der Waals surface area contributed by atoms with E-state index in [1.54, 1.807) is 16.3 Å². The highest BCUT2D eigenvalue weighted by Crippen LogP contribution is 2.30. The Labute approximate surface area is 197 Å². The van der Waals surface area contributed by atoms with E-state index in [2.05, 4.69) is 37.0 Å². The number of fused-ring (bicyclic) bond motifs is 1. The molecular formula is C28H25N3OS. The molecule has 5 heteroatoms. The third kappa shape index (κ3) is 4.12. The second-order valence-electron chi connectivity index (χ2n) is 8.38. The minimum atomic E-state index is -0.0884. The summed E-state index contributed by atoms with van der Waals surface area (Å²) in [6.45, 7) is 6.27. The van der Waals surface area contributed by atoms with Crippen LogP contribution in [-0.4, -0.2) is 14.5 Å². The normalized spacial score (nSPS) is 11.2. The lowest BCUT2D eigenvalue weighted by atomic mass is 10.1. The lowest BCUT2D eigenvalue weighted by Gasteiger charge is -2.14. The van der Waals surface area contributed by atoms with Gasteiger partial charge in [-0.05, 0) is 49.6 Å². The van der Waals surface area contributed by atoms with Crippen LogP contribution in [0.2, 0.25) is 0 Å². The highest BCUT2D eigenvalue weighted by molar-refractivity contribution is 7.98. The van der Waals surface area contributed by atoms with Crippen LogP contribution >= 0.6 is 11.8 Å². The fourth-order valence-corrected chi connectivity index (χ4v) is 5.06. The second kappa shape index (κ2) is 8.75. The summed E-state index contributed by atoms with van der Waals surface area (Å²) in [6.07, 6.45) is 1.88. The van der Waals surface area contributed by atoms with Gasteiger partial charge in [0.05, 0.1) is 5.69 Å². The van der Waals surface area contributed by atoms with Gasteiger partial charge < -0.3 is 4.98 Å². The summed E-state index contributed by atoms with van der Waals surface area (Å²) < 4.78 is 1.73. The van der Waals surface area contributed by atoms with E-state index >= 15 is 0 Å². The SMILES string of the molecule is Cc1ccc(-n2c(SCc3cc(C)ccc3C)nc3c(-c4ccccc4)c[nH]c3c2=O)cc1. The number of hydrogen-bond donors (Lipinski definition) is 1. The molecule has 4 nitrogen and oxygen atoms in total. The van der Waals surface area contributed by atoms with E-state index in [0.717, 1.165) is 28.1 Å². The molecule has 0 aliphatic rings. The molecule has 3 aromatic carbocycles. The second-order valence-corrected chi connectivity index (χ2v) is 9.32. The largest absolute Gasteiger partial charge is 0.355 e. The molecule has 33 heavy (non-hydrogen) atoms. The van der Waals surface area contributed by atoms with Crippen molar-refractivity contribution < 1.29 is 0 Å². The van der Waals surface area contributed by atoms with Crippen molar-refractivity contribution >= 4 is 22.8 Å².